The van der Waals surface area contributed by atoms with Crippen molar-refractivity contribution in [1.29, 1.82) is 0 Å². The highest BCUT2D eigenvalue weighted by Crippen LogP contribution is 2.35. The smallest absolute Gasteiger partial charge is 0.189 e. The summed E-state index contributed by atoms with van der Waals surface area (Å²) in [7, 11) is 0. The molecule has 1 aliphatic rings. The summed E-state index contributed by atoms with van der Waals surface area (Å²) >= 11 is 10.4. The lowest BCUT2D eigenvalue weighted by atomic mass is 10.2. The van der Waals surface area contributed by atoms with Gasteiger partial charge in [-0.05, 0) is 68.3 Å². The third kappa shape index (κ3) is 4.23. The molecule has 0 bridgehead atoms. The molecule has 1 aromatic rings. The summed E-state index contributed by atoms with van der Waals surface area (Å²) in [5.41, 5.74) is 1.19. The Morgan fingerprint density at radius 1 is 1.18 bits per heavy atom. The molecule has 0 aromatic heterocycles. The first-order chi connectivity index (χ1) is 8.20. The van der Waals surface area contributed by atoms with Gasteiger partial charge in [0, 0.05) is 5.33 Å². The zero-order valence-electron chi connectivity index (χ0n) is 9.22. The molecule has 0 amide bonds. The zero-order valence-corrected chi connectivity index (χ0v) is 14.0. The second-order valence-electron chi connectivity index (χ2n) is 4.10. The number of benzene rings is 1. The molecule has 2 rings (SSSR count). The molecule has 1 saturated carbocycles. The van der Waals surface area contributed by atoms with E-state index < -0.39 is 0 Å². The first-order valence-electron chi connectivity index (χ1n) is 5.45. The van der Waals surface area contributed by atoms with Crippen LogP contribution in [0.2, 0.25) is 0 Å². The van der Waals surface area contributed by atoms with E-state index in [2.05, 4.69) is 47.8 Å². The predicted octanol–water partition coefficient (Wildman–Crippen LogP) is 4.87. The maximum Gasteiger partial charge on any atom is 0.189 e. The van der Waals surface area contributed by atoms with Gasteiger partial charge < -0.3 is 9.47 Å². The number of hydrogen-bond acceptors (Lipinski definition) is 2. The number of hydrogen-bond donors (Lipinski definition) is 0. The van der Waals surface area contributed by atoms with Gasteiger partial charge in [-0.15, -0.1) is 0 Å². The maximum absolute atomic E-state index is 5.61. The van der Waals surface area contributed by atoms with Crippen LogP contribution in [0.5, 0.6) is 5.75 Å². The Morgan fingerprint density at radius 3 is 2.35 bits per heavy atom. The van der Waals surface area contributed by atoms with Crippen LogP contribution in [-0.2, 0) is 10.1 Å². The van der Waals surface area contributed by atoms with Crippen molar-refractivity contribution < 1.29 is 9.47 Å². The SMILES string of the molecule is BrCc1cc(Br)c(OCOCC2CC2)c(Br)c1. The van der Waals surface area contributed by atoms with E-state index in [1.165, 1.54) is 18.4 Å². The third-order valence-corrected chi connectivity index (χ3v) is 4.38. The fourth-order valence-electron chi connectivity index (χ4n) is 1.43. The van der Waals surface area contributed by atoms with Crippen LogP contribution in [0.1, 0.15) is 18.4 Å². The van der Waals surface area contributed by atoms with Gasteiger partial charge in [0.25, 0.3) is 0 Å². The molecule has 5 heteroatoms. The molecule has 0 unspecified atom stereocenters. The van der Waals surface area contributed by atoms with Crippen LogP contribution in [0, 0.1) is 5.92 Å². The third-order valence-electron chi connectivity index (χ3n) is 2.55. The largest absolute Gasteiger partial charge is 0.465 e. The summed E-state index contributed by atoms with van der Waals surface area (Å²) in [6, 6.07) is 4.07. The van der Waals surface area contributed by atoms with Gasteiger partial charge in [-0.2, -0.15) is 0 Å². The zero-order chi connectivity index (χ0) is 12.3. The Morgan fingerprint density at radius 2 is 1.82 bits per heavy atom. The van der Waals surface area contributed by atoms with Crippen molar-refractivity contribution in [3.63, 3.8) is 0 Å². The Hall–Kier alpha value is 0.420. The van der Waals surface area contributed by atoms with Gasteiger partial charge in [-0.25, -0.2) is 0 Å². The quantitative estimate of drug-likeness (QED) is 0.365. The van der Waals surface area contributed by atoms with Crippen LogP contribution in [-0.4, -0.2) is 13.4 Å². The first-order valence-corrected chi connectivity index (χ1v) is 8.16. The Bertz CT molecular complexity index is 368. The molecule has 0 spiro atoms. The number of rotatable bonds is 6. The van der Waals surface area contributed by atoms with Crippen LogP contribution in [0.15, 0.2) is 21.1 Å². The fraction of sp³-hybridized carbons (Fsp3) is 0.500. The summed E-state index contributed by atoms with van der Waals surface area (Å²) in [4.78, 5) is 0. The topological polar surface area (TPSA) is 18.5 Å². The minimum absolute atomic E-state index is 0.307. The summed E-state index contributed by atoms with van der Waals surface area (Å²) < 4.78 is 13.0. The molecular weight excluding hydrogens is 416 g/mol. The molecule has 94 valence electrons. The van der Waals surface area contributed by atoms with Crippen molar-refractivity contribution >= 4 is 47.8 Å². The molecule has 0 aliphatic heterocycles. The van der Waals surface area contributed by atoms with Gasteiger partial charge in [0.05, 0.1) is 15.6 Å². The Balaban J connectivity index is 1.89. The van der Waals surface area contributed by atoms with E-state index in [1.54, 1.807) is 0 Å². The molecule has 1 aromatic carbocycles. The van der Waals surface area contributed by atoms with Gasteiger partial charge in [0.1, 0.15) is 0 Å². The van der Waals surface area contributed by atoms with E-state index in [1.807, 2.05) is 12.1 Å². The highest BCUT2D eigenvalue weighted by molar-refractivity contribution is 9.11. The highest BCUT2D eigenvalue weighted by atomic mass is 79.9. The summed E-state index contributed by atoms with van der Waals surface area (Å²) in [6.45, 7) is 1.12. The van der Waals surface area contributed by atoms with Crippen molar-refractivity contribution in [3.8, 4) is 5.75 Å². The standard InChI is InChI=1S/C12H13Br3O2/c13-5-9-3-10(14)12(11(15)4-9)17-7-16-6-8-1-2-8/h3-4,8H,1-2,5-7H2. The Labute approximate surface area is 126 Å². The molecular formula is C12H13Br3O2. The molecule has 0 saturated heterocycles. The first kappa shape index (κ1) is 13.8. The van der Waals surface area contributed by atoms with Crippen LogP contribution >= 0.6 is 47.8 Å². The van der Waals surface area contributed by atoms with E-state index in [4.69, 9.17) is 9.47 Å². The van der Waals surface area contributed by atoms with Gasteiger partial charge in [-0.1, -0.05) is 15.9 Å². The van der Waals surface area contributed by atoms with Crippen LogP contribution < -0.4 is 4.74 Å². The van der Waals surface area contributed by atoms with E-state index >= 15 is 0 Å². The minimum Gasteiger partial charge on any atom is -0.465 e. The lowest BCUT2D eigenvalue weighted by Crippen LogP contribution is -2.06. The van der Waals surface area contributed by atoms with Crippen LogP contribution in [0.25, 0.3) is 0 Å². The van der Waals surface area contributed by atoms with Gasteiger partial charge in [0.2, 0.25) is 0 Å². The second-order valence-corrected chi connectivity index (χ2v) is 6.37. The number of alkyl halides is 1. The predicted molar refractivity (Wildman–Crippen MR) is 78.6 cm³/mol. The molecule has 0 N–H and O–H groups in total. The average Bonchev–Trinajstić information content (AvgIpc) is 3.10. The van der Waals surface area contributed by atoms with Crippen LogP contribution in [0.4, 0.5) is 0 Å². The lowest BCUT2D eigenvalue weighted by Gasteiger charge is -2.11. The lowest BCUT2D eigenvalue weighted by molar-refractivity contribution is 0.00914. The van der Waals surface area contributed by atoms with Crippen molar-refractivity contribution in [1.82, 2.24) is 0 Å². The van der Waals surface area contributed by atoms with Gasteiger partial charge in [0.15, 0.2) is 12.5 Å². The van der Waals surface area contributed by atoms with Crippen molar-refractivity contribution in [2.24, 2.45) is 5.92 Å². The van der Waals surface area contributed by atoms with E-state index in [0.29, 0.717) is 6.79 Å². The van der Waals surface area contributed by atoms with Gasteiger partial charge in [-0.3, -0.25) is 0 Å². The van der Waals surface area contributed by atoms with E-state index in [-0.39, 0.29) is 0 Å². The normalized spacial score (nSPS) is 15.0. The maximum atomic E-state index is 5.61. The fourth-order valence-corrected chi connectivity index (χ4v) is 3.26. The monoisotopic (exact) mass is 426 g/mol. The van der Waals surface area contributed by atoms with E-state index in [0.717, 1.165) is 32.5 Å². The summed E-state index contributed by atoms with van der Waals surface area (Å²) in [5.74, 6) is 1.56. The summed E-state index contributed by atoms with van der Waals surface area (Å²) in [6.07, 6.45) is 2.60. The average molecular weight is 429 g/mol. The minimum atomic E-state index is 0.307. The molecule has 0 radical (unpaired) electrons. The van der Waals surface area contributed by atoms with E-state index in [9.17, 15) is 0 Å². The number of ether oxygens (including phenoxy) is 2. The highest BCUT2D eigenvalue weighted by Gasteiger charge is 2.21. The van der Waals surface area contributed by atoms with Gasteiger partial charge >= 0.3 is 0 Å². The molecule has 17 heavy (non-hydrogen) atoms. The molecule has 0 heterocycles. The molecule has 1 fully saturated rings. The molecule has 1 aliphatic carbocycles. The number of halogens is 3. The van der Waals surface area contributed by atoms with Crippen molar-refractivity contribution in [2.45, 2.75) is 18.2 Å². The van der Waals surface area contributed by atoms with Crippen molar-refractivity contribution in [3.05, 3.63) is 26.6 Å². The molecule has 0 atom stereocenters. The summed E-state index contributed by atoms with van der Waals surface area (Å²) in [5, 5.41) is 0.822. The van der Waals surface area contributed by atoms with Crippen molar-refractivity contribution in [2.75, 3.05) is 13.4 Å². The second kappa shape index (κ2) is 6.55. The molecule has 2 nitrogen and oxygen atoms in total. The Kier molecular flexibility index (Phi) is 5.33. The van der Waals surface area contributed by atoms with Crippen LogP contribution in [0.3, 0.4) is 0 Å².